The first-order valence-corrected chi connectivity index (χ1v) is 15.0. The normalized spacial score (nSPS) is 16.9. The predicted molar refractivity (Wildman–Crippen MR) is 180 cm³/mol. The molecule has 5 heteroatoms. The number of fused-ring (bicyclic) bond motifs is 6. The van der Waals surface area contributed by atoms with E-state index in [2.05, 4.69) is 137 Å². The minimum Gasteiger partial charge on any atom is -0.455 e. The van der Waals surface area contributed by atoms with Crippen LogP contribution < -0.4 is 10.6 Å². The number of hydrogen-bond donors (Lipinski definition) is 2. The second kappa shape index (κ2) is 9.97. The van der Waals surface area contributed by atoms with Crippen LogP contribution in [0.15, 0.2) is 155 Å². The average molecular weight is 569 g/mol. The highest BCUT2D eigenvalue weighted by Crippen LogP contribution is 2.39. The monoisotopic (exact) mass is 568 g/mol. The Morgan fingerprint density at radius 3 is 2.14 bits per heavy atom. The maximum absolute atomic E-state index is 6.41. The number of aromatic nitrogens is 1. The van der Waals surface area contributed by atoms with E-state index in [-0.39, 0.29) is 12.5 Å². The highest BCUT2D eigenvalue weighted by atomic mass is 16.3. The number of benzene rings is 6. The summed E-state index contributed by atoms with van der Waals surface area (Å²) in [6, 6.07) is 50.8. The van der Waals surface area contributed by atoms with Crippen LogP contribution in [0.3, 0.4) is 0 Å². The fourth-order valence-electron chi connectivity index (χ4n) is 6.65. The van der Waals surface area contributed by atoms with Gasteiger partial charge in [-0.05, 0) is 35.4 Å². The lowest BCUT2D eigenvalue weighted by Crippen LogP contribution is -2.47. The molecule has 9 rings (SSSR count). The number of amidine groups is 1. The molecule has 2 N–H and O–H groups in total. The van der Waals surface area contributed by atoms with E-state index in [1.54, 1.807) is 0 Å². The van der Waals surface area contributed by atoms with Gasteiger partial charge in [0, 0.05) is 32.7 Å². The molecule has 0 bridgehead atoms. The SMILES string of the molecule is c1ccc(C2=NC(c3ccccc3)NC(n3c4ccccc4c4cc(-c5cccc6c5oc5ccccc56)ccc43)N2)cc1. The Kier molecular flexibility index (Phi) is 5.64. The second-order valence-electron chi connectivity index (χ2n) is 11.3. The molecule has 0 amide bonds. The largest absolute Gasteiger partial charge is 0.455 e. The van der Waals surface area contributed by atoms with E-state index in [4.69, 9.17) is 9.41 Å². The van der Waals surface area contributed by atoms with Crippen molar-refractivity contribution in [2.75, 3.05) is 0 Å². The smallest absolute Gasteiger partial charge is 0.162 e. The summed E-state index contributed by atoms with van der Waals surface area (Å²) >= 11 is 0. The third-order valence-corrected chi connectivity index (χ3v) is 8.69. The first kappa shape index (κ1) is 24.9. The Bertz CT molecular complexity index is 2350. The topological polar surface area (TPSA) is 54.5 Å². The standard InChI is InChI=1S/C39H28N4O/c1-3-12-25(13-4-1)37-40-38(26-14-5-2-6-15-26)42-39(41-37)43-33-20-9-7-16-29(33)32-24-27(22-23-34(32)43)28-18-11-19-31-30-17-8-10-21-35(30)44-36(28)31/h1-24,37,39,41H,(H,40,42). The van der Waals surface area contributed by atoms with Crippen LogP contribution in [0.2, 0.25) is 0 Å². The van der Waals surface area contributed by atoms with Crippen molar-refractivity contribution < 1.29 is 4.42 Å². The average Bonchev–Trinajstić information content (AvgIpc) is 3.64. The van der Waals surface area contributed by atoms with Crippen LogP contribution in [0.4, 0.5) is 0 Å². The van der Waals surface area contributed by atoms with Crippen LogP contribution in [-0.4, -0.2) is 10.4 Å². The maximum atomic E-state index is 6.41. The molecule has 0 radical (unpaired) electrons. The third kappa shape index (κ3) is 3.94. The summed E-state index contributed by atoms with van der Waals surface area (Å²) in [7, 11) is 0. The van der Waals surface area contributed by atoms with Crippen molar-refractivity contribution in [2.24, 2.45) is 4.99 Å². The minimum absolute atomic E-state index is 0.209. The molecule has 2 aromatic heterocycles. The van der Waals surface area contributed by atoms with Crippen molar-refractivity contribution in [3.8, 4) is 11.1 Å². The van der Waals surface area contributed by atoms with Gasteiger partial charge in [0.25, 0.3) is 0 Å². The van der Waals surface area contributed by atoms with Crippen molar-refractivity contribution in [3.05, 3.63) is 157 Å². The van der Waals surface area contributed by atoms with Crippen molar-refractivity contribution in [3.63, 3.8) is 0 Å². The van der Waals surface area contributed by atoms with Crippen molar-refractivity contribution in [2.45, 2.75) is 12.5 Å². The molecular formula is C39H28N4O. The second-order valence-corrected chi connectivity index (χ2v) is 11.3. The molecule has 0 saturated heterocycles. The summed E-state index contributed by atoms with van der Waals surface area (Å²) in [5.74, 6) is 0.863. The van der Waals surface area contributed by atoms with Crippen LogP contribution in [0, 0.1) is 0 Å². The maximum Gasteiger partial charge on any atom is 0.162 e. The lowest BCUT2D eigenvalue weighted by atomic mass is 10.0. The molecule has 0 saturated carbocycles. The van der Waals surface area contributed by atoms with Gasteiger partial charge in [-0.2, -0.15) is 0 Å². The Labute approximate surface area is 254 Å². The number of furan rings is 1. The first-order valence-electron chi connectivity index (χ1n) is 15.0. The van der Waals surface area contributed by atoms with Crippen LogP contribution in [0.25, 0.3) is 54.9 Å². The van der Waals surface area contributed by atoms with Crippen LogP contribution in [0.5, 0.6) is 0 Å². The number of nitrogens with zero attached hydrogens (tertiary/aromatic N) is 2. The van der Waals surface area contributed by atoms with E-state index < -0.39 is 0 Å². The van der Waals surface area contributed by atoms with Gasteiger partial charge in [-0.3, -0.25) is 5.32 Å². The molecule has 0 aliphatic carbocycles. The van der Waals surface area contributed by atoms with Gasteiger partial charge in [0.2, 0.25) is 0 Å². The van der Waals surface area contributed by atoms with E-state index in [1.165, 1.54) is 10.8 Å². The fourth-order valence-corrected chi connectivity index (χ4v) is 6.65. The van der Waals surface area contributed by atoms with E-state index >= 15 is 0 Å². The highest BCUT2D eigenvalue weighted by molar-refractivity contribution is 6.13. The van der Waals surface area contributed by atoms with Gasteiger partial charge >= 0.3 is 0 Å². The highest BCUT2D eigenvalue weighted by Gasteiger charge is 2.28. The van der Waals surface area contributed by atoms with Crippen LogP contribution in [-0.2, 0) is 0 Å². The molecule has 6 aromatic carbocycles. The van der Waals surface area contributed by atoms with E-state index in [0.29, 0.717) is 0 Å². The van der Waals surface area contributed by atoms with Gasteiger partial charge < -0.3 is 14.3 Å². The van der Waals surface area contributed by atoms with Crippen molar-refractivity contribution in [1.29, 1.82) is 0 Å². The quantitative estimate of drug-likeness (QED) is 0.223. The number of nitrogens with one attached hydrogen (secondary N) is 2. The molecule has 2 atom stereocenters. The molecule has 8 aromatic rings. The molecule has 1 aliphatic heterocycles. The Morgan fingerprint density at radius 1 is 0.568 bits per heavy atom. The summed E-state index contributed by atoms with van der Waals surface area (Å²) in [5, 5.41) is 12.2. The molecule has 210 valence electrons. The number of para-hydroxylation sites is 3. The van der Waals surface area contributed by atoms with Gasteiger partial charge in [-0.1, -0.05) is 121 Å². The van der Waals surface area contributed by atoms with E-state index in [1.807, 2.05) is 24.3 Å². The van der Waals surface area contributed by atoms with Crippen LogP contribution >= 0.6 is 0 Å². The van der Waals surface area contributed by atoms with E-state index in [0.717, 1.165) is 61.1 Å². The first-order chi connectivity index (χ1) is 21.8. The Morgan fingerprint density at radius 2 is 1.27 bits per heavy atom. The van der Waals surface area contributed by atoms with Gasteiger partial charge in [0.15, 0.2) is 6.29 Å². The molecule has 1 aliphatic rings. The van der Waals surface area contributed by atoms with Crippen molar-refractivity contribution >= 4 is 49.6 Å². The summed E-state index contributed by atoms with van der Waals surface area (Å²) in [5.41, 5.74) is 8.51. The molecule has 0 spiro atoms. The molecule has 0 fully saturated rings. The zero-order valence-corrected chi connectivity index (χ0v) is 23.8. The predicted octanol–water partition coefficient (Wildman–Crippen LogP) is 9.16. The summed E-state index contributed by atoms with van der Waals surface area (Å²) in [6.07, 6.45) is -0.446. The molecule has 2 unspecified atom stereocenters. The van der Waals surface area contributed by atoms with Gasteiger partial charge in [0.1, 0.15) is 23.2 Å². The third-order valence-electron chi connectivity index (χ3n) is 8.69. The Hall–Kier alpha value is -5.65. The number of hydrogen-bond acceptors (Lipinski definition) is 4. The summed E-state index contributed by atoms with van der Waals surface area (Å²) < 4.78 is 8.77. The zero-order valence-electron chi connectivity index (χ0n) is 23.8. The lowest BCUT2D eigenvalue weighted by Gasteiger charge is -2.33. The molecule has 5 nitrogen and oxygen atoms in total. The van der Waals surface area contributed by atoms with Crippen molar-refractivity contribution in [1.82, 2.24) is 15.2 Å². The molecule has 44 heavy (non-hydrogen) atoms. The number of rotatable bonds is 4. The zero-order chi connectivity index (χ0) is 29.0. The lowest BCUT2D eigenvalue weighted by molar-refractivity contribution is 0.329. The number of aliphatic imine (C=N–C) groups is 1. The van der Waals surface area contributed by atoms with E-state index in [9.17, 15) is 0 Å². The Balaban J connectivity index is 1.22. The molecular weight excluding hydrogens is 540 g/mol. The minimum atomic E-state index is -0.236. The van der Waals surface area contributed by atoms with Gasteiger partial charge in [0.05, 0.1) is 11.0 Å². The summed E-state index contributed by atoms with van der Waals surface area (Å²) in [6.45, 7) is 0. The van der Waals surface area contributed by atoms with Gasteiger partial charge in [-0.15, -0.1) is 0 Å². The molecule has 3 heterocycles. The van der Waals surface area contributed by atoms with Crippen LogP contribution in [0.1, 0.15) is 23.6 Å². The van der Waals surface area contributed by atoms with Gasteiger partial charge in [-0.25, -0.2) is 4.99 Å². The summed E-state index contributed by atoms with van der Waals surface area (Å²) in [4.78, 5) is 5.11. The fraction of sp³-hybridized carbons (Fsp3) is 0.0513.